The smallest absolute Gasteiger partial charge is 0.407 e. The van der Waals surface area contributed by atoms with Crippen molar-refractivity contribution in [1.82, 2.24) is 5.32 Å². The van der Waals surface area contributed by atoms with Gasteiger partial charge in [0, 0.05) is 11.7 Å². The molecule has 1 aromatic carbocycles. The fraction of sp³-hybridized carbons (Fsp3) is 0.632. The summed E-state index contributed by atoms with van der Waals surface area (Å²) in [6, 6.07) is 8.37. The fourth-order valence-corrected chi connectivity index (χ4v) is 3.01. The molecule has 2 unspecified atom stereocenters. The van der Waals surface area contributed by atoms with Crippen LogP contribution >= 0.6 is 0 Å². The average Bonchev–Trinajstić information content (AvgIpc) is 2.98. The van der Waals surface area contributed by atoms with Crippen molar-refractivity contribution in [3.05, 3.63) is 24.3 Å². The Balaban J connectivity index is 1.69. The summed E-state index contributed by atoms with van der Waals surface area (Å²) < 4.78 is 10.8. The minimum absolute atomic E-state index is 0.393. The quantitative estimate of drug-likeness (QED) is 0.659. The van der Waals surface area contributed by atoms with E-state index in [1.165, 1.54) is 19.3 Å². The molecular formula is C19H31N3O3. The molecule has 1 aliphatic carbocycles. The monoisotopic (exact) mass is 349 g/mol. The van der Waals surface area contributed by atoms with E-state index >= 15 is 0 Å². The van der Waals surface area contributed by atoms with E-state index in [2.05, 4.69) is 10.6 Å². The molecule has 2 rings (SSSR count). The Hall–Kier alpha value is -1.95. The van der Waals surface area contributed by atoms with Crippen LogP contribution in [0.25, 0.3) is 0 Å². The third-order valence-electron chi connectivity index (χ3n) is 4.21. The summed E-state index contributed by atoms with van der Waals surface area (Å²) in [5, 5.41) is 6.23. The summed E-state index contributed by atoms with van der Waals surface area (Å²) >= 11 is 0. The van der Waals surface area contributed by atoms with Crippen LogP contribution in [0.1, 0.15) is 40.0 Å². The van der Waals surface area contributed by atoms with Gasteiger partial charge < -0.3 is 25.8 Å². The summed E-state index contributed by atoms with van der Waals surface area (Å²) in [5.74, 6) is 1.34. The Kier molecular flexibility index (Phi) is 6.93. The molecule has 0 aliphatic heterocycles. The first-order valence-electron chi connectivity index (χ1n) is 9.04. The summed E-state index contributed by atoms with van der Waals surface area (Å²) in [5.41, 5.74) is 6.42. The molecule has 0 aromatic heterocycles. The van der Waals surface area contributed by atoms with Gasteiger partial charge in [-0.15, -0.1) is 0 Å². The normalized spacial score (nSPS) is 20.2. The predicted octanol–water partition coefficient (Wildman–Crippen LogP) is 3.13. The fourth-order valence-electron chi connectivity index (χ4n) is 3.01. The molecule has 6 heteroatoms. The zero-order chi connectivity index (χ0) is 18.3. The summed E-state index contributed by atoms with van der Waals surface area (Å²) in [7, 11) is 0. The lowest BCUT2D eigenvalue weighted by molar-refractivity contribution is 0.0520. The predicted molar refractivity (Wildman–Crippen MR) is 100.0 cm³/mol. The number of nitrogens with one attached hydrogen (secondary N) is 2. The molecule has 0 heterocycles. The molecule has 0 spiro atoms. The number of ether oxygens (including phenoxy) is 2. The first-order chi connectivity index (χ1) is 11.9. The van der Waals surface area contributed by atoms with E-state index in [1.807, 2.05) is 45.0 Å². The molecule has 140 valence electrons. The number of hydrogen-bond donors (Lipinski definition) is 3. The van der Waals surface area contributed by atoms with Crippen LogP contribution in [0.4, 0.5) is 10.5 Å². The van der Waals surface area contributed by atoms with Crippen molar-refractivity contribution < 1.29 is 14.3 Å². The van der Waals surface area contributed by atoms with Gasteiger partial charge >= 0.3 is 6.09 Å². The largest absolute Gasteiger partial charge is 0.492 e. The van der Waals surface area contributed by atoms with Crippen LogP contribution in [-0.2, 0) is 4.74 Å². The maximum absolute atomic E-state index is 11.5. The van der Waals surface area contributed by atoms with E-state index in [9.17, 15) is 4.79 Å². The number of benzene rings is 1. The average molecular weight is 349 g/mol. The van der Waals surface area contributed by atoms with Crippen LogP contribution in [0.5, 0.6) is 5.75 Å². The van der Waals surface area contributed by atoms with Gasteiger partial charge in [-0.3, -0.25) is 0 Å². The molecule has 0 bridgehead atoms. The lowest BCUT2D eigenvalue weighted by atomic mass is 10.0. The second-order valence-electron chi connectivity index (χ2n) is 7.48. The number of amides is 1. The highest BCUT2D eigenvalue weighted by atomic mass is 16.6. The third-order valence-corrected chi connectivity index (χ3v) is 4.21. The van der Waals surface area contributed by atoms with Gasteiger partial charge in [-0.1, -0.05) is 6.42 Å². The van der Waals surface area contributed by atoms with Gasteiger partial charge in [0.1, 0.15) is 18.0 Å². The number of hydrogen-bond acceptors (Lipinski definition) is 5. The highest BCUT2D eigenvalue weighted by molar-refractivity contribution is 5.67. The van der Waals surface area contributed by atoms with Crippen LogP contribution in [0, 0.1) is 5.92 Å². The molecule has 1 saturated carbocycles. The molecule has 6 nitrogen and oxygen atoms in total. The van der Waals surface area contributed by atoms with Gasteiger partial charge in [-0.2, -0.15) is 0 Å². The van der Waals surface area contributed by atoms with E-state index in [1.54, 1.807) is 0 Å². The second kappa shape index (κ2) is 8.94. The van der Waals surface area contributed by atoms with E-state index < -0.39 is 11.7 Å². The standard InChI is InChI=1S/C19H31N3O3/c1-19(2,3)25-18(23)21-11-12-24-16-9-7-15(8-10-16)22-17-6-4-5-14(17)13-20/h7-10,14,17,22H,4-6,11-13,20H2,1-3H3,(H,21,23). The Labute approximate surface area is 150 Å². The zero-order valence-corrected chi connectivity index (χ0v) is 15.5. The van der Waals surface area contributed by atoms with E-state index in [0.717, 1.165) is 18.0 Å². The van der Waals surface area contributed by atoms with Crippen LogP contribution in [0.3, 0.4) is 0 Å². The number of anilines is 1. The Bertz CT molecular complexity index is 540. The molecule has 4 N–H and O–H groups in total. The van der Waals surface area contributed by atoms with E-state index in [0.29, 0.717) is 25.1 Å². The van der Waals surface area contributed by atoms with Crippen LogP contribution in [0.15, 0.2) is 24.3 Å². The third kappa shape index (κ3) is 6.82. The molecule has 25 heavy (non-hydrogen) atoms. The lowest BCUT2D eigenvalue weighted by Gasteiger charge is -2.21. The van der Waals surface area contributed by atoms with E-state index in [4.69, 9.17) is 15.2 Å². The first kappa shape index (κ1) is 19.4. The molecule has 1 fully saturated rings. The van der Waals surface area contributed by atoms with E-state index in [-0.39, 0.29) is 0 Å². The Morgan fingerprint density at radius 2 is 1.96 bits per heavy atom. The SMILES string of the molecule is CC(C)(C)OC(=O)NCCOc1ccc(NC2CCCC2CN)cc1. The van der Waals surface area contributed by atoms with Gasteiger partial charge in [-0.25, -0.2) is 4.79 Å². The van der Waals surface area contributed by atoms with Gasteiger partial charge in [0.25, 0.3) is 0 Å². The number of rotatable bonds is 7. The van der Waals surface area contributed by atoms with Crippen LogP contribution in [-0.4, -0.2) is 37.4 Å². The molecule has 2 atom stereocenters. The molecular weight excluding hydrogens is 318 g/mol. The minimum Gasteiger partial charge on any atom is -0.492 e. The van der Waals surface area contributed by atoms with Gasteiger partial charge in [0.15, 0.2) is 0 Å². The number of alkyl carbamates (subject to hydrolysis) is 1. The Morgan fingerprint density at radius 3 is 2.60 bits per heavy atom. The number of nitrogens with two attached hydrogens (primary N) is 1. The first-order valence-corrected chi connectivity index (χ1v) is 9.04. The summed E-state index contributed by atoms with van der Waals surface area (Å²) in [4.78, 5) is 11.5. The Morgan fingerprint density at radius 1 is 1.24 bits per heavy atom. The van der Waals surface area contributed by atoms with Crippen molar-refractivity contribution in [2.45, 2.75) is 51.7 Å². The lowest BCUT2D eigenvalue weighted by Crippen LogP contribution is -2.34. The van der Waals surface area contributed by atoms with Crippen LogP contribution < -0.4 is 21.1 Å². The van der Waals surface area contributed by atoms with Crippen molar-refractivity contribution in [2.24, 2.45) is 11.7 Å². The summed E-state index contributed by atoms with van der Waals surface area (Å²) in [6.45, 7) is 7.03. The minimum atomic E-state index is -0.490. The molecule has 1 amide bonds. The van der Waals surface area contributed by atoms with Gasteiger partial charge in [0.05, 0.1) is 6.54 Å². The van der Waals surface area contributed by atoms with Gasteiger partial charge in [-0.05, 0) is 70.3 Å². The summed E-state index contributed by atoms with van der Waals surface area (Å²) in [6.07, 6.45) is 3.20. The maximum Gasteiger partial charge on any atom is 0.407 e. The van der Waals surface area contributed by atoms with Gasteiger partial charge in [0.2, 0.25) is 0 Å². The van der Waals surface area contributed by atoms with Crippen molar-refractivity contribution in [3.8, 4) is 5.75 Å². The van der Waals surface area contributed by atoms with Crippen molar-refractivity contribution in [2.75, 3.05) is 25.0 Å². The number of carbonyl (C=O) groups is 1. The molecule has 0 radical (unpaired) electrons. The van der Waals surface area contributed by atoms with Crippen LogP contribution in [0.2, 0.25) is 0 Å². The van der Waals surface area contributed by atoms with Crippen molar-refractivity contribution in [1.29, 1.82) is 0 Å². The highest BCUT2D eigenvalue weighted by Crippen LogP contribution is 2.28. The van der Waals surface area contributed by atoms with Crippen molar-refractivity contribution in [3.63, 3.8) is 0 Å². The highest BCUT2D eigenvalue weighted by Gasteiger charge is 2.25. The second-order valence-corrected chi connectivity index (χ2v) is 7.48. The topological polar surface area (TPSA) is 85.6 Å². The number of carbonyl (C=O) groups excluding carboxylic acids is 1. The van der Waals surface area contributed by atoms with Crippen molar-refractivity contribution >= 4 is 11.8 Å². The zero-order valence-electron chi connectivity index (χ0n) is 15.5. The molecule has 0 saturated heterocycles. The molecule has 1 aliphatic rings. The maximum atomic E-state index is 11.5. The molecule has 1 aromatic rings.